The maximum absolute atomic E-state index is 14.0. The number of halogens is 1. The highest BCUT2D eigenvalue weighted by atomic mass is 19.1. The Labute approximate surface area is 141 Å². The molecule has 24 heavy (non-hydrogen) atoms. The van der Waals surface area contributed by atoms with Crippen LogP contribution in [-0.4, -0.2) is 26.8 Å². The van der Waals surface area contributed by atoms with E-state index >= 15 is 0 Å². The van der Waals surface area contributed by atoms with Crippen molar-refractivity contribution < 1.29 is 13.9 Å². The van der Waals surface area contributed by atoms with Gasteiger partial charge in [-0.25, -0.2) is 9.18 Å². The van der Waals surface area contributed by atoms with Crippen LogP contribution in [0.5, 0.6) is 0 Å². The summed E-state index contributed by atoms with van der Waals surface area (Å²) in [5, 5.41) is 2.59. The smallest absolute Gasteiger partial charge is 0.411 e. The zero-order valence-corrected chi connectivity index (χ0v) is 14.0. The zero-order chi connectivity index (χ0) is 17.7. The Hall–Kier alpha value is -2.60. The SMILES string of the molecule is CCOC(=O)Nc1cc(F)cc(N(C)C)c1C(N)c1ccccc1. The summed E-state index contributed by atoms with van der Waals surface area (Å²) in [6.45, 7) is 1.93. The normalized spacial score (nSPS) is 11.7. The second kappa shape index (κ2) is 7.79. The van der Waals surface area contributed by atoms with Crippen LogP contribution in [0.3, 0.4) is 0 Å². The minimum atomic E-state index is -0.644. The molecule has 6 heteroatoms. The molecule has 1 amide bonds. The minimum absolute atomic E-state index is 0.224. The third-order valence-electron chi connectivity index (χ3n) is 3.59. The van der Waals surface area contributed by atoms with Crippen LogP contribution in [0.2, 0.25) is 0 Å². The van der Waals surface area contributed by atoms with Gasteiger partial charge in [0.1, 0.15) is 5.82 Å². The molecule has 0 aliphatic rings. The number of nitrogens with two attached hydrogens (primary N) is 1. The molecule has 2 rings (SSSR count). The van der Waals surface area contributed by atoms with Gasteiger partial charge >= 0.3 is 6.09 Å². The Morgan fingerprint density at radius 2 is 1.96 bits per heavy atom. The van der Waals surface area contributed by atoms with Gasteiger partial charge in [-0.3, -0.25) is 5.32 Å². The summed E-state index contributed by atoms with van der Waals surface area (Å²) in [6, 6.07) is 11.6. The first-order valence-corrected chi connectivity index (χ1v) is 7.69. The van der Waals surface area contributed by atoms with Crippen LogP contribution in [0.15, 0.2) is 42.5 Å². The standard InChI is InChI=1S/C18H22FN3O2/c1-4-24-18(23)21-14-10-13(19)11-15(22(2)3)16(14)17(20)12-8-6-5-7-9-12/h5-11,17H,4,20H2,1-3H3,(H,21,23). The molecule has 1 unspecified atom stereocenters. The maximum atomic E-state index is 14.0. The number of benzene rings is 2. The first kappa shape index (κ1) is 17.7. The van der Waals surface area contributed by atoms with E-state index in [-0.39, 0.29) is 6.61 Å². The van der Waals surface area contributed by atoms with E-state index in [1.165, 1.54) is 12.1 Å². The van der Waals surface area contributed by atoms with Crippen molar-refractivity contribution in [3.05, 3.63) is 59.4 Å². The molecule has 0 saturated heterocycles. The average molecular weight is 331 g/mol. The number of rotatable bonds is 5. The highest BCUT2D eigenvalue weighted by Gasteiger charge is 2.21. The Balaban J connectivity index is 2.55. The number of hydrogen-bond donors (Lipinski definition) is 2. The van der Waals surface area contributed by atoms with E-state index in [4.69, 9.17) is 10.5 Å². The summed E-state index contributed by atoms with van der Waals surface area (Å²) in [6.07, 6.45) is -0.644. The minimum Gasteiger partial charge on any atom is -0.450 e. The number of carbonyl (C=O) groups is 1. The van der Waals surface area contributed by atoms with Gasteiger partial charge < -0.3 is 15.4 Å². The van der Waals surface area contributed by atoms with Gasteiger partial charge in [0.15, 0.2) is 0 Å². The maximum Gasteiger partial charge on any atom is 0.411 e. The van der Waals surface area contributed by atoms with Crippen LogP contribution in [0.4, 0.5) is 20.6 Å². The van der Waals surface area contributed by atoms with Gasteiger partial charge in [-0.2, -0.15) is 0 Å². The molecular formula is C18H22FN3O2. The van der Waals surface area contributed by atoms with E-state index < -0.39 is 18.0 Å². The fourth-order valence-electron chi connectivity index (χ4n) is 2.51. The van der Waals surface area contributed by atoms with Gasteiger partial charge in [0.05, 0.1) is 18.3 Å². The molecule has 1 atom stereocenters. The van der Waals surface area contributed by atoms with E-state index in [9.17, 15) is 9.18 Å². The molecule has 0 aliphatic heterocycles. The monoisotopic (exact) mass is 331 g/mol. The largest absolute Gasteiger partial charge is 0.450 e. The quantitative estimate of drug-likeness (QED) is 0.880. The third-order valence-corrected chi connectivity index (χ3v) is 3.59. The zero-order valence-electron chi connectivity index (χ0n) is 14.0. The molecule has 2 aromatic rings. The summed E-state index contributed by atoms with van der Waals surface area (Å²) in [5.41, 5.74) is 8.80. The lowest BCUT2D eigenvalue weighted by Crippen LogP contribution is -2.22. The fraction of sp³-hybridized carbons (Fsp3) is 0.278. The van der Waals surface area contributed by atoms with Crippen molar-refractivity contribution in [2.45, 2.75) is 13.0 Å². The number of nitrogens with one attached hydrogen (secondary N) is 1. The first-order valence-electron chi connectivity index (χ1n) is 7.69. The lowest BCUT2D eigenvalue weighted by Gasteiger charge is -2.25. The molecule has 0 aromatic heterocycles. The molecule has 0 spiro atoms. The van der Waals surface area contributed by atoms with Crippen LogP contribution >= 0.6 is 0 Å². The summed E-state index contributed by atoms with van der Waals surface area (Å²) < 4.78 is 18.9. The van der Waals surface area contributed by atoms with Gasteiger partial charge in [0.25, 0.3) is 0 Å². The number of nitrogens with zero attached hydrogens (tertiary/aromatic N) is 1. The molecule has 0 heterocycles. The predicted molar refractivity (Wildman–Crippen MR) is 93.8 cm³/mol. The van der Waals surface area contributed by atoms with E-state index in [1.54, 1.807) is 25.9 Å². The van der Waals surface area contributed by atoms with E-state index in [1.807, 2.05) is 30.3 Å². The summed E-state index contributed by atoms with van der Waals surface area (Å²) in [5.74, 6) is -0.463. The Morgan fingerprint density at radius 3 is 2.54 bits per heavy atom. The van der Waals surface area contributed by atoms with Crippen molar-refractivity contribution in [1.82, 2.24) is 0 Å². The molecule has 3 N–H and O–H groups in total. The topological polar surface area (TPSA) is 67.6 Å². The van der Waals surface area contributed by atoms with Crippen molar-refractivity contribution in [3.63, 3.8) is 0 Å². The summed E-state index contributed by atoms with van der Waals surface area (Å²) in [7, 11) is 3.59. The number of hydrogen-bond acceptors (Lipinski definition) is 4. The molecule has 0 saturated carbocycles. The fourth-order valence-corrected chi connectivity index (χ4v) is 2.51. The molecule has 0 radical (unpaired) electrons. The Bertz CT molecular complexity index is 705. The number of carbonyl (C=O) groups excluding carboxylic acids is 1. The Morgan fingerprint density at radius 1 is 1.29 bits per heavy atom. The van der Waals surface area contributed by atoms with Crippen molar-refractivity contribution in [3.8, 4) is 0 Å². The van der Waals surface area contributed by atoms with Crippen molar-refractivity contribution in [1.29, 1.82) is 0 Å². The lowest BCUT2D eigenvalue weighted by molar-refractivity contribution is 0.168. The second-order valence-corrected chi connectivity index (χ2v) is 5.51. The highest BCUT2D eigenvalue weighted by molar-refractivity contribution is 5.88. The molecule has 2 aromatic carbocycles. The predicted octanol–water partition coefficient (Wildman–Crippen LogP) is 3.51. The summed E-state index contributed by atoms with van der Waals surface area (Å²) in [4.78, 5) is 13.6. The van der Waals surface area contributed by atoms with Gasteiger partial charge in [-0.15, -0.1) is 0 Å². The van der Waals surface area contributed by atoms with Crippen molar-refractivity contribution in [2.75, 3.05) is 30.9 Å². The van der Waals surface area contributed by atoms with Crippen LogP contribution in [0.25, 0.3) is 0 Å². The second-order valence-electron chi connectivity index (χ2n) is 5.51. The Kier molecular flexibility index (Phi) is 5.76. The van der Waals surface area contributed by atoms with E-state index in [0.29, 0.717) is 16.9 Å². The van der Waals surface area contributed by atoms with Crippen LogP contribution in [0.1, 0.15) is 24.1 Å². The van der Waals surface area contributed by atoms with Crippen LogP contribution in [0, 0.1) is 5.82 Å². The first-order chi connectivity index (χ1) is 11.4. The molecule has 0 fully saturated rings. The van der Waals surface area contributed by atoms with Crippen LogP contribution in [-0.2, 0) is 4.74 Å². The van der Waals surface area contributed by atoms with Gasteiger partial charge in [0.2, 0.25) is 0 Å². The molecular weight excluding hydrogens is 309 g/mol. The molecule has 0 aliphatic carbocycles. The van der Waals surface area contributed by atoms with Gasteiger partial charge in [-0.05, 0) is 24.6 Å². The van der Waals surface area contributed by atoms with Crippen molar-refractivity contribution in [2.24, 2.45) is 5.73 Å². The van der Waals surface area contributed by atoms with Crippen LogP contribution < -0.4 is 16.0 Å². The molecule has 128 valence electrons. The number of ether oxygens (including phenoxy) is 1. The lowest BCUT2D eigenvalue weighted by atomic mass is 9.95. The van der Waals surface area contributed by atoms with E-state index in [0.717, 1.165) is 5.56 Å². The third kappa shape index (κ3) is 4.02. The number of anilines is 2. The number of amides is 1. The van der Waals surface area contributed by atoms with E-state index in [2.05, 4.69) is 5.32 Å². The van der Waals surface area contributed by atoms with Gasteiger partial charge in [-0.1, -0.05) is 30.3 Å². The molecule has 0 bridgehead atoms. The average Bonchev–Trinajstić information content (AvgIpc) is 2.54. The highest BCUT2D eigenvalue weighted by Crippen LogP contribution is 2.35. The molecule has 5 nitrogen and oxygen atoms in total. The van der Waals surface area contributed by atoms with Crippen molar-refractivity contribution >= 4 is 17.5 Å². The van der Waals surface area contributed by atoms with Gasteiger partial charge in [0, 0.05) is 25.3 Å². The summed E-state index contributed by atoms with van der Waals surface area (Å²) >= 11 is 0.